The third-order valence-electron chi connectivity index (χ3n) is 5.07. The van der Waals surface area contributed by atoms with Gasteiger partial charge < -0.3 is 42.6 Å². The highest BCUT2D eigenvalue weighted by Crippen LogP contribution is 2.14. The molecule has 0 aliphatic carbocycles. The molecule has 0 rings (SSSR count). The van der Waals surface area contributed by atoms with Crippen LogP contribution in [0.4, 0.5) is 0 Å². The van der Waals surface area contributed by atoms with Crippen LogP contribution in [0.15, 0.2) is 12.7 Å². The third-order valence-corrected chi connectivity index (χ3v) is 5.07. The summed E-state index contributed by atoms with van der Waals surface area (Å²) in [6, 6.07) is 0. The zero-order valence-electron chi connectivity index (χ0n) is 23.5. The molecule has 0 saturated heterocycles. The van der Waals surface area contributed by atoms with Crippen molar-refractivity contribution in [2.75, 3.05) is 106 Å². The van der Waals surface area contributed by atoms with Gasteiger partial charge in [-0.25, -0.2) is 4.79 Å². The van der Waals surface area contributed by atoms with E-state index >= 15 is 0 Å². The Morgan fingerprint density at radius 1 is 0.579 bits per heavy atom. The van der Waals surface area contributed by atoms with Gasteiger partial charge in [-0.3, -0.25) is 4.79 Å². The highest BCUT2D eigenvalue weighted by molar-refractivity contribution is 5.81. The van der Waals surface area contributed by atoms with Crippen molar-refractivity contribution < 1.29 is 52.2 Å². The van der Waals surface area contributed by atoms with Crippen LogP contribution in [0.25, 0.3) is 0 Å². The molecule has 38 heavy (non-hydrogen) atoms. The second kappa shape index (κ2) is 29.9. The predicted octanol–water partition coefficient (Wildman–Crippen LogP) is 2.59. The first kappa shape index (κ1) is 36.4. The number of ether oxygens (including phenoxy) is 9. The van der Waals surface area contributed by atoms with Crippen LogP contribution in [-0.4, -0.2) is 118 Å². The average molecular weight is 551 g/mol. The van der Waals surface area contributed by atoms with Gasteiger partial charge in [0.25, 0.3) is 0 Å². The number of carbonyl (C=O) groups is 2. The Morgan fingerprint density at radius 2 is 0.921 bits per heavy atom. The molecule has 1 atom stereocenters. The third kappa shape index (κ3) is 26.0. The smallest absolute Gasteiger partial charge is 0.330 e. The van der Waals surface area contributed by atoms with Gasteiger partial charge in [0, 0.05) is 6.08 Å². The van der Waals surface area contributed by atoms with Gasteiger partial charge in [-0.05, 0) is 12.8 Å². The molecule has 0 bridgehead atoms. The number of hydrogen-bond donors (Lipinski definition) is 0. The van der Waals surface area contributed by atoms with Crippen molar-refractivity contribution in [3.8, 4) is 0 Å². The molecule has 0 spiro atoms. The maximum Gasteiger partial charge on any atom is 0.330 e. The van der Waals surface area contributed by atoms with Crippen LogP contribution >= 0.6 is 0 Å². The van der Waals surface area contributed by atoms with Gasteiger partial charge in [0.2, 0.25) is 0 Å². The molecular formula is C27H50O11. The van der Waals surface area contributed by atoms with Crippen LogP contribution in [0.1, 0.15) is 39.5 Å². The molecule has 11 heteroatoms. The van der Waals surface area contributed by atoms with Crippen LogP contribution in [0.3, 0.4) is 0 Å². The highest BCUT2D eigenvalue weighted by Gasteiger charge is 2.16. The minimum atomic E-state index is -0.460. The van der Waals surface area contributed by atoms with Crippen LogP contribution in [0, 0.1) is 5.92 Å². The maximum absolute atomic E-state index is 12.0. The minimum absolute atomic E-state index is 0.00438. The van der Waals surface area contributed by atoms with E-state index in [1.807, 2.05) is 6.92 Å². The molecule has 11 nitrogen and oxygen atoms in total. The minimum Gasteiger partial charge on any atom is -0.463 e. The van der Waals surface area contributed by atoms with Gasteiger partial charge >= 0.3 is 11.9 Å². The van der Waals surface area contributed by atoms with Gasteiger partial charge in [0.05, 0.1) is 98.4 Å². The van der Waals surface area contributed by atoms with E-state index in [1.165, 1.54) is 0 Å². The summed E-state index contributed by atoms with van der Waals surface area (Å²) < 4.78 is 47.8. The normalized spacial score (nSPS) is 11.8. The average Bonchev–Trinajstić information content (AvgIpc) is 2.93. The van der Waals surface area contributed by atoms with E-state index in [0.29, 0.717) is 92.5 Å². The van der Waals surface area contributed by atoms with Crippen molar-refractivity contribution >= 4 is 11.9 Å². The number of unbranched alkanes of at least 4 members (excludes halogenated alkanes) is 1. The van der Waals surface area contributed by atoms with E-state index in [4.69, 9.17) is 42.6 Å². The predicted molar refractivity (Wildman–Crippen MR) is 141 cm³/mol. The number of esters is 2. The van der Waals surface area contributed by atoms with Gasteiger partial charge in [-0.1, -0.05) is 33.3 Å². The van der Waals surface area contributed by atoms with E-state index in [0.717, 1.165) is 31.8 Å². The Kier molecular flexibility index (Phi) is 28.7. The summed E-state index contributed by atoms with van der Waals surface area (Å²) >= 11 is 0. The summed E-state index contributed by atoms with van der Waals surface area (Å²) in [6.07, 6.45) is 4.94. The molecule has 0 aromatic carbocycles. The van der Waals surface area contributed by atoms with E-state index in [2.05, 4.69) is 13.5 Å². The monoisotopic (exact) mass is 550 g/mol. The fourth-order valence-corrected chi connectivity index (χ4v) is 2.94. The first-order chi connectivity index (χ1) is 18.7. The van der Waals surface area contributed by atoms with Crippen LogP contribution < -0.4 is 0 Å². The molecule has 0 N–H and O–H groups in total. The van der Waals surface area contributed by atoms with Crippen molar-refractivity contribution in [2.24, 2.45) is 5.92 Å². The largest absolute Gasteiger partial charge is 0.463 e. The fourth-order valence-electron chi connectivity index (χ4n) is 2.94. The Hall–Kier alpha value is -1.60. The summed E-state index contributed by atoms with van der Waals surface area (Å²) in [5.41, 5.74) is 0. The summed E-state index contributed by atoms with van der Waals surface area (Å²) in [7, 11) is 0. The number of hydrogen-bond acceptors (Lipinski definition) is 11. The highest BCUT2D eigenvalue weighted by atomic mass is 16.6. The molecule has 0 aliphatic rings. The topological polar surface area (TPSA) is 117 Å². The Bertz CT molecular complexity index is 545. The van der Waals surface area contributed by atoms with Gasteiger partial charge in [0.1, 0.15) is 13.2 Å². The molecule has 0 aromatic heterocycles. The summed E-state index contributed by atoms with van der Waals surface area (Å²) in [5.74, 6) is -0.588. The second-order valence-electron chi connectivity index (χ2n) is 8.07. The lowest BCUT2D eigenvalue weighted by Gasteiger charge is -2.13. The molecule has 0 amide bonds. The lowest BCUT2D eigenvalue weighted by Crippen LogP contribution is -2.20. The van der Waals surface area contributed by atoms with Gasteiger partial charge in [-0.2, -0.15) is 0 Å². The van der Waals surface area contributed by atoms with Crippen molar-refractivity contribution in [2.45, 2.75) is 39.5 Å². The molecule has 0 radical (unpaired) electrons. The molecule has 224 valence electrons. The maximum atomic E-state index is 12.0. The Labute approximate surface area is 228 Å². The van der Waals surface area contributed by atoms with Crippen LogP contribution in [0.2, 0.25) is 0 Å². The van der Waals surface area contributed by atoms with Crippen LogP contribution in [-0.2, 0) is 52.2 Å². The molecule has 0 aromatic rings. The summed E-state index contributed by atoms with van der Waals surface area (Å²) in [5, 5.41) is 0. The Balaban J connectivity index is 3.19. The number of rotatable bonds is 30. The van der Waals surface area contributed by atoms with Crippen molar-refractivity contribution in [3.63, 3.8) is 0 Å². The van der Waals surface area contributed by atoms with Crippen molar-refractivity contribution in [1.82, 2.24) is 0 Å². The van der Waals surface area contributed by atoms with Gasteiger partial charge in [-0.15, -0.1) is 0 Å². The SMILES string of the molecule is C=CC(=O)OCCOCCOCCOCCOCCOCCOCCOCCOC(=O)C(CC)CCCC. The molecule has 1 unspecified atom stereocenters. The van der Waals surface area contributed by atoms with E-state index < -0.39 is 5.97 Å². The quantitative estimate of drug-likeness (QED) is 0.0746. The molecule has 0 aliphatic heterocycles. The standard InChI is InChI=1S/C27H50O11/c1-4-7-8-25(5-2)27(29)38-24-22-36-20-18-34-16-14-32-12-10-30-9-11-31-13-15-33-17-19-35-21-23-37-26(28)6-3/h6,25H,3-5,7-24H2,1-2H3. The molecule has 0 saturated carbocycles. The summed E-state index contributed by atoms with van der Waals surface area (Å²) in [6.45, 7) is 14.2. The molecule has 0 heterocycles. The first-order valence-electron chi connectivity index (χ1n) is 13.7. The van der Waals surface area contributed by atoms with E-state index in [-0.39, 0.29) is 25.1 Å². The zero-order valence-corrected chi connectivity index (χ0v) is 23.5. The van der Waals surface area contributed by atoms with E-state index in [9.17, 15) is 9.59 Å². The molecular weight excluding hydrogens is 500 g/mol. The van der Waals surface area contributed by atoms with E-state index in [1.54, 1.807) is 0 Å². The molecule has 0 fully saturated rings. The van der Waals surface area contributed by atoms with Gasteiger partial charge in [0.15, 0.2) is 0 Å². The lowest BCUT2D eigenvalue weighted by atomic mass is 10.00. The second-order valence-corrected chi connectivity index (χ2v) is 8.07. The van der Waals surface area contributed by atoms with Crippen molar-refractivity contribution in [3.05, 3.63) is 12.7 Å². The number of carbonyl (C=O) groups excluding carboxylic acids is 2. The first-order valence-corrected chi connectivity index (χ1v) is 13.7. The van der Waals surface area contributed by atoms with Crippen LogP contribution in [0.5, 0.6) is 0 Å². The lowest BCUT2D eigenvalue weighted by molar-refractivity contribution is -0.150. The van der Waals surface area contributed by atoms with Crippen molar-refractivity contribution in [1.29, 1.82) is 0 Å². The fraction of sp³-hybridized carbons (Fsp3) is 0.852. The summed E-state index contributed by atoms with van der Waals surface area (Å²) in [4.78, 5) is 22.8. The Morgan fingerprint density at radius 3 is 1.24 bits per heavy atom. The zero-order chi connectivity index (χ0) is 27.9.